The molecule has 5 aromatic carbocycles. The van der Waals surface area contributed by atoms with E-state index in [9.17, 15) is 0 Å². The average Bonchev–Trinajstić information content (AvgIpc) is 3.74. The summed E-state index contributed by atoms with van der Waals surface area (Å²) in [6, 6.07) is 45.5. The Hall–Kier alpha value is -3.26. The normalized spacial score (nSPS) is 13.6. The van der Waals surface area contributed by atoms with Gasteiger partial charge in [0.25, 0.3) is 0 Å². The molecule has 2 aliphatic carbocycles. The topological polar surface area (TPSA) is 0 Å². The third-order valence-electron chi connectivity index (χ3n) is 10.4. The third kappa shape index (κ3) is 6.35. The van der Waals surface area contributed by atoms with Crippen molar-refractivity contribution < 1.29 is 42.2 Å². The van der Waals surface area contributed by atoms with Crippen molar-refractivity contribution in [3.05, 3.63) is 182 Å². The fraction of sp³-hybridized carbons (Fsp3) is 0.205. The van der Waals surface area contributed by atoms with Gasteiger partial charge in [-0.3, -0.25) is 0 Å². The number of hydrogen-bond donors (Lipinski definition) is 0. The first-order valence-corrected chi connectivity index (χ1v) is 18.6. The van der Waals surface area contributed by atoms with Gasteiger partial charge in [-0.05, 0) is 0 Å². The number of benzene rings is 5. The van der Waals surface area contributed by atoms with E-state index in [2.05, 4.69) is 174 Å². The molecule has 3 heteroatoms. The van der Waals surface area contributed by atoms with Crippen LogP contribution >= 0.6 is 0 Å². The van der Waals surface area contributed by atoms with Crippen molar-refractivity contribution in [3.8, 4) is 11.1 Å². The fourth-order valence-electron chi connectivity index (χ4n) is 7.56. The van der Waals surface area contributed by atoms with Crippen LogP contribution in [-0.4, -0.2) is 3.81 Å². The molecule has 0 spiro atoms. The molecule has 0 heterocycles. The van der Waals surface area contributed by atoms with E-state index in [0.717, 1.165) is 12.8 Å². The van der Waals surface area contributed by atoms with Crippen molar-refractivity contribution in [3.63, 3.8) is 0 Å². The van der Waals surface area contributed by atoms with E-state index in [4.69, 9.17) is 0 Å². The Kier molecular flexibility index (Phi) is 10.5. The second kappa shape index (κ2) is 14.1. The van der Waals surface area contributed by atoms with Crippen molar-refractivity contribution in [1.29, 1.82) is 0 Å². The minimum Gasteiger partial charge on any atom is -1.00 e. The largest absolute Gasteiger partial charge is 1.00 e. The molecule has 0 N–H and O–H groups in total. The average molecular weight is 690 g/mol. The maximum atomic E-state index is 2.51. The third-order valence-corrected chi connectivity index (χ3v) is 15.3. The number of fused-ring (bicyclic) bond motifs is 3. The fourth-order valence-corrected chi connectivity index (χ4v) is 12.9. The number of rotatable bonds is 7. The van der Waals surface area contributed by atoms with Crippen LogP contribution in [0.1, 0.15) is 80.0 Å². The minimum absolute atomic E-state index is 0. The van der Waals surface area contributed by atoms with Gasteiger partial charge in [-0.2, -0.15) is 0 Å². The molecule has 236 valence electrons. The molecule has 0 amide bonds. The SMILES string of the molecule is C/[C](c1ccccc1)=[Ti+2](\[C]1=CC=CC1)[c]1c(C(C)(C)c2ccccc2)ccc2c1Cc1cc(C(C)(C)c3ccccc3)ccc1-2.[Cl-].[Cl-]. The molecule has 0 unspecified atom stereocenters. The predicted molar refractivity (Wildman–Crippen MR) is 190 cm³/mol. The van der Waals surface area contributed by atoms with E-state index in [1.165, 1.54) is 44.5 Å². The van der Waals surface area contributed by atoms with Gasteiger partial charge in [0.1, 0.15) is 0 Å². The summed E-state index contributed by atoms with van der Waals surface area (Å²) in [5, 5.41) is 0. The van der Waals surface area contributed by atoms with E-state index in [1.807, 2.05) is 0 Å². The predicted octanol–water partition coefficient (Wildman–Crippen LogP) is 4.25. The zero-order chi connectivity index (χ0) is 31.2. The molecule has 7 rings (SSSR count). The molecule has 0 nitrogen and oxygen atoms in total. The molecule has 0 bridgehead atoms. The van der Waals surface area contributed by atoms with Crippen LogP contribution in [0.25, 0.3) is 11.1 Å². The maximum Gasteiger partial charge on any atom is -1.00 e. The van der Waals surface area contributed by atoms with E-state index in [0.29, 0.717) is 0 Å². The molecule has 0 saturated carbocycles. The standard InChI is InChI=1S/C31H29.C8H8.C5H5.2ClH.Ti/c1-30(2,24-11-7-5-8-12-24)26-15-17-28-22(20-26)19-23-21-27(16-18-29(23)28)31(3,4)25-13-9-6-10-14-25;1-2-8-6-4-3-5-7-8;1-2-4-5-3-1;;;/h5-18,20H,19H2,1-4H3;3-7H,1H3;1-3H,4H2;2*1H;/q;;;;;+2/p-2. The summed E-state index contributed by atoms with van der Waals surface area (Å²) in [5.74, 6) is 0. The molecule has 5 aromatic rings. The molecule has 2 aliphatic rings. The Morgan fingerprint density at radius 2 is 1.19 bits per heavy atom. The Bertz CT molecular complexity index is 1980. The summed E-state index contributed by atoms with van der Waals surface area (Å²) in [6.45, 7) is 12.0. The molecule has 0 aliphatic heterocycles. The van der Waals surface area contributed by atoms with Crippen molar-refractivity contribution in [2.75, 3.05) is 0 Å². The van der Waals surface area contributed by atoms with Gasteiger partial charge in [-0.1, -0.05) is 0 Å². The van der Waals surface area contributed by atoms with Gasteiger partial charge in [0.05, 0.1) is 0 Å². The minimum atomic E-state index is -2.18. The van der Waals surface area contributed by atoms with E-state index < -0.39 is 17.4 Å². The quantitative estimate of drug-likeness (QED) is 0.220. The summed E-state index contributed by atoms with van der Waals surface area (Å²) in [4.78, 5) is 0. The van der Waals surface area contributed by atoms with Gasteiger partial charge in [0, 0.05) is 0 Å². The van der Waals surface area contributed by atoms with Gasteiger partial charge < -0.3 is 24.8 Å². The van der Waals surface area contributed by atoms with Crippen LogP contribution in [0.15, 0.2) is 143 Å². The molecular formula is C44H42Cl2Ti. The van der Waals surface area contributed by atoms with Crippen LogP contribution in [0.2, 0.25) is 0 Å². The molecule has 0 radical (unpaired) electrons. The monoisotopic (exact) mass is 688 g/mol. The van der Waals surface area contributed by atoms with Crippen molar-refractivity contribution in [1.82, 2.24) is 0 Å². The Balaban J connectivity index is 0.00000217. The second-order valence-electron chi connectivity index (χ2n) is 13.7. The van der Waals surface area contributed by atoms with E-state index in [1.54, 1.807) is 17.1 Å². The Labute approximate surface area is 299 Å². The molecule has 0 aromatic heterocycles. The van der Waals surface area contributed by atoms with Crippen molar-refractivity contribution in [2.24, 2.45) is 0 Å². The van der Waals surface area contributed by atoms with Crippen molar-refractivity contribution in [2.45, 2.75) is 58.3 Å². The maximum absolute atomic E-state index is 2.51. The van der Waals surface area contributed by atoms with Gasteiger partial charge >= 0.3 is 277 Å². The van der Waals surface area contributed by atoms with E-state index in [-0.39, 0.29) is 35.6 Å². The number of allylic oxidation sites excluding steroid dienone is 4. The zero-order valence-electron chi connectivity index (χ0n) is 27.9. The molecule has 0 atom stereocenters. The smallest absolute Gasteiger partial charge is 1.00 e. The first-order valence-electron chi connectivity index (χ1n) is 16.3. The molecule has 0 fully saturated rings. The summed E-state index contributed by atoms with van der Waals surface area (Å²) < 4.78 is 4.90. The van der Waals surface area contributed by atoms with Gasteiger partial charge in [-0.25, -0.2) is 0 Å². The molecular weight excluding hydrogens is 647 g/mol. The Morgan fingerprint density at radius 3 is 1.79 bits per heavy atom. The first kappa shape index (κ1) is 35.1. The molecule has 0 saturated heterocycles. The van der Waals surface area contributed by atoms with Gasteiger partial charge in [0.2, 0.25) is 0 Å². The van der Waals surface area contributed by atoms with Crippen LogP contribution in [0.5, 0.6) is 0 Å². The summed E-state index contributed by atoms with van der Waals surface area (Å²) in [7, 11) is 0. The summed E-state index contributed by atoms with van der Waals surface area (Å²) in [5.41, 5.74) is 12.7. The van der Waals surface area contributed by atoms with Crippen LogP contribution < -0.4 is 28.7 Å². The van der Waals surface area contributed by atoms with Gasteiger partial charge in [-0.15, -0.1) is 0 Å². The Morgan fingerprint density at radius 1 is 0.617 bits per heavy atom. The second-order valence-corrected chi connectivity index (χ2v) is 17.9. The molecule has 47 heavy (non-hydrogen) atoms. The van der Waals surface area contributed by atoms with Crippen LogP contribution in [0.3, 0.4) is 0 Å². The van der Waals surface area contributed by atoms with Gasteiger partial charge in [0.15, 0.2) is 0 Å². The summed E-state index contributed by atoms with van der Waals surface area (Å²) in [6.07, 6.45) is 9.16. The van der Waals surface area contributed by atoms with Crippen LogP contribution in [0, 0.1) is 0 Å². The van der Waals surface area contributed by atoms with E-state index >= 15 is 0 Å². The number of halogens is 2. The summed E-state index contributed by atoms with van der Waals surface area (Å²) >= 11 is -2.18. The van der Waals surface area contributed by atoms with Crippen LogP contribution in [0.4, 0.5) is 0 Å². The first-order chi connectivity index (χ1) is 21.8. The number of hydrogen-bond acceptors (Lipinski definition) is 0. The zero-order valence-corrected chi connectivity index (χ0v) is 31.0. The van der Waals surface area contributed by atoms with Crippen molar-refractivity contribution >= 4 is 7.68 Å². The van der Waals surface area contributed by atoms with Crippen LogP contribution in [-0.2, 0) is 34.7 Å².